The van der Waals surface area contributed by atoms with Crippen LogP contribution in [0.15, 0.2) is 30.3 Å². The summed E-state index contributed by atoms with van der Waals surface area (Å²) in [5, 5.41) is 11.8. The standard InChI is InChI=1S/C14H15NO/c15-13(8-16)11-7-6-10-5-4-9-2-1-3-12(11)14(9)10/h1-3,6-7,13,16H,4-5,8,15H2/t13-/m0/s1. The van der Waals surface area contributed by atoms with Crippen molar-refractivity contribution in [1.29, 1.82) is 0 Å². The number of rotatable bonds is 2. The fourth-order valence-electron chi connectivity index (χ4n) is 2.69. The number of aliphatic hydroxyl groups excluding tert-OH is 1. The zero-order valence-corrected chi connectivity index (χ0v) is 9.11. The Kier molecular flexibility index (Phi) is 2.20. The predicted molar refractivity (Wildman–Crippen MR) is 65.4 cm³/mol. The molecule has 2 aromatic carbocycles. The first-order valence-corrected chi connectivity index (χ1v) is 5.71. The maximum absolute atomic E-state index is 9.18. The van der Waals surface area contributed by atoms with E-state index in [0.717, 1.165) is 18.4 Å². The van der Waals surface area contributed by atoms with Crippen LogP contribution in [0, 0.1) is 0 Å². The topological polar surface area (TPSA) is 46.2 Å². The minimum atomic E-state index is -0.273. The molecule has 1 aliphatic carbocycles. The van der Waals surface area contributed by atoms with Crippen molar-refractivity contribution in [3.8, 4) is 0 Å². The van der Waals surface area contributed by atoms with Crippen molar-refractivity contribution >= 4 is 10.8 Å². The smallest absolute Gasteiger partial charge is 0.0624 e. The fraction of sp³-hybridized carbons (Fsp3) is 0.286. The maximum Gasteiger partial charge on any atom is 0.0624 e. The van der Waals surface area contributed by atoms with Gasteiger partial charge >= 0.3 is 0 Å². The molecule has 0 amide bonds. The molecule has 0 aromatic heterocycles. The molecule has 1 aliphatic rings. The molecule has 0 spiro atoms. The Balaban J connectivity index is 2.33. The molecule has 0 saturated heterocycles. The van der Waals surface area contributed by atoms with E-state index in [2.05, 4.69) is 30.3 Å². The van der Waals surface area contributed by atoms with Crippen LogP contribution in [0.5, 0.6) is 0 Å². The Labute approximate surface area is 94.7 Å². The van der Waals surface area contributed by atoms with E-state index in [1.807, 2.05) is 0 Å². The lowest BCUT2D eigenvalue weighted by atomic mass is 9.96. The highest BCUT2D eigenvalue weighted by Crippen LogP contribution is 2.34. The van der Waals surface area contributed by atoms with Gasteiger partial charge in [0.25, 0.3) is 0 Å². The third-order valence-corrected chi connectivity index (χ3v) is 3.51. The molecule has 0 radical (unpaired) electrons. The summed E-state index contributed by atoms with van der Waals surface area (Å²) < 4.78 is 0. The van der Waals surface area contributed by atoms with Gasteiger partial charge in [0, 0.05) is 0 Å². The molecular formula is C14H15NO. The second-order valence-corrected chi connectivity index (χ2v) is 4.44. The molecule has 82 valence electrons. The molecule has 16 heavy (non-hydrogen) atoms. The summed E-state index contributed by atoms with van der Waals surface area (Å²) in [5.74, 6) is 0. The van der Waals surface area contributed by atoms with Gasteiger partial charge in [-0.2, -0.15) is 0 Å². The van der Waals surface area contributed by atoms with Crippen LogP contribution < -0.4 is 5.73 Å². The molecule has 0 bridgehead atoms. The van der Waals surface area contributed by atoms with Gasteiger partial charge in [0.15, 0.2) is 0 Å². The van der Waals surface area contributed by atoms with E-state index >= 15 is 0 Å². The fourth-order valence-corrected chi connectivity index (χ4v) is 2.69. The molecular weight excluding hydrogens is 198 g/mol. The van der Waals surface area contributed by atoms with E-state index in [0.29, 0.717) is 0 Å². The molecule has 2 heteroatoms. The van der Waals surface area contributed by atoms with Crippen molar-refractivity contribution in [2.75, 3.05) is 6.61 Å². The normalized spacial score (nSPS) is 15.6. The van der Waals surface area contributed by atoms with E-state index in [-0.39, 0.29) is 12.6 Å². The summed E-state index contributed by atoms with van der Waals surface area (Å²) in [7, 11) is 0. The number of hydrogen-bond donors (Lipinski definition) is 2. The van der Waals surface area contributed by atoms with Gasteiger partial charge in [0.05, 0.1) is 12.6 Å². The number of hydrogen-bond acceptors (Lipinski definition) is 2. The first kappa shape index (κ1) is 9.82. The summed E-state index contributed by atoms with van der Waals surface area (Å²) in [6.07, 6.45) is 2.26. The van der Waals surface area contributed by atoms with Crippen LogP contribution in [0.25, 0.3) is 10.8 Å². The monoisotopic (exact) mass is 213 g/mol. The predicted octanol–water partition coefficient (Wildman–Crippen LogP) is 1.93. The lowest BCUT2D eigenvalue weighted by molar-refractivity contribution is 0.268. The van der Waals surface area contributed by atoms with Crippen molar-refractivity contribution in [2.45, 2.75) is 18.9 Å². The zero-order chi connectivity index (χ0) is 11.1. The lowest BCUT2D eigenvalue weighted by Crippen LogP contribution is -2.14. The number of aryl methyl sites for hydroxylation is 2. The third-order valence-electron chi connectivity index (χ3n) is 3.51. The van der Waals surface area contributed by atoms with Gasteiger partial charge in [-0.25, -0.2) is 0 Å². The van der Waals surface area contributed by atoms with Crippen LogP contribution in [0.4, 0.5) is 0 Å². The van der Waals surface area contributed by atoms with Gasteiger partial charge in [-0.3, -0.25) is 0 Å². The van der Waals surface area contributed by atoms with Crippen LogP contribution in [0.3, 0.4) is 0 Å². The van der Waals surface area contributed by atoms with E-state index in [9.17, 15) is 5.11 Å². The van der Waals surface area contributed by atoms with Gasteiger partial charge in [0.1, 0.15) is 0 Å². The Hall–Kier alpha value is -1.38. The summed E-state index contributed by atoms with van der Waals surface area (Å²) in [5.41, 5.74) is 9.82. The van der Waals surface area contributed by atoms with Crippen LogP contribution in [-0.4, -0.2) is 11.7 Å². The number of benzene rings is 2. The van der Waals surface area contributed by atoms with Crippen LogP contribution in [0.2, 0.25) is 0 Å². The van der Waals surface area contributed by atoms with Crippen LogP contribution >= 0.6 is 0 Å². The van der Waals surface area contributed by atoms with Crippen LogP contribution in [-0.2, 0) is 12.8 Å². The summed E-state index contributed by atoms with van der Waals surface area (Å²) >= 11 is 0. The maximum atomic E-state index is 9.18. The van der Waals surface area contributed by atoms with Crippen molar-refractivity contribution < 1.29 is 5.11 Å². The van der Waals surface area contributed by atoms with Gasteiger partial charge < -0.3 is 10.8 Å². The molecule has 2 aromatic rings. The van der Waals surface area contributed by atoms with Gasteiger partial charge in [0.2, 0.25) is 0 Å². The second-order valence-electron chi connectivity index (χ2n) is 4.44. The van der Waals surface area contributed by atoms with Gasteiger partial charge in [-0.1, -0.05) is 30.3 Å². The summed E-state index contributed by atoms with van der Waals surface area (Å²) in [4.78, 5) is 0. The highest BCUT2D eigenvalue weighted by Gasteiger charge is 2.17. The first-order valence-electron chi connectivity index (χ1n) is 5.71. The van der Waals surface area contributed by atoms with Crippen LogP contribution in [0.1, 0.15) is 22.7 Å². The average Bonchev–Trinajstić information content (AvgIpc) is 2.74. The SMILES string of the molecule is N[C@@H](CO)c1ccc2c3c(cccc13)CC2. The minimum Gasteiger partial charge on any atom is -0.394 e. The first-order chi connectivity index (χ1) is 7.81. The molecule has 0 unspecified atom stereocenters. The van der Waals surface area contributed by atoms with Crippen molar-refractivity contribution in [3.63, 3.8) is 0 Å². The Morgan fingerprint density at radius 1 is 1.12 bits per heavy atom. The van der Waals surface area contributed by atoms with Crippen molar-refractivity contribution in [2.24, 2.45) is 5.73 Å². The van der Waals surface area contributed by atoms with Gasteiger partial charge in [-0.15, -0.1) is 0 Å². The summed E-state index contributed by atoms with van der Waals surface area (Å²) in [6.45, 7) is -0.00132. The lowest BCUT2D eigenvalue weighted by Gasteiger charge is -2.13. The van der Waals surface area contributed by atoms with Crippen molar-refractivity contribution in [3.05, 3.63) is 47.0 Å². The van der Waals surface area contributed by atoms with E-state index in [1.54, 1.807) is 0 Å². The van der Waals surface area contributed by atoms with E-state index in [4.69, 9.17) is 5.73 Å². The highest BCUT2D eigenvalue weighted by molar-refractivity contribution is 5.93. The molecule has 0 heterocycles. The Morgan fingerprint density at radius 2 is 1.88 bits per heavy atom. The quantitative estimate of drug-likeness (QED) is 0.800. The third kappa shape index (κ3) is 1.27. The molecule has 0 saturated carbocycles. The molecule has 3 N–H and O–H groups in total. The van der Waals surface area contributed by atoms with Gasteiger partial charge in [-0.05, 0) is 40.3 Å². The minimum absolute atomic E-state index is 0.00132. The Morgan fingerprint density at radius 3 is 2.62 bits per heavy atom. The largest absolute Gasteiger partial charge is 0.394 e. The molecule has 0 aliphatic heterocycles. The molecule has 1 atom stereocenters. The van der Waals surface area contributed by atoms with E-state index < -0.39 is 0 Å². The molecule has 0 fully saturated rings. The zero-order valence-electron chi connectivity index (χ0n) is 9.11. The molecule has 3 rings (SSSR count). The average molecular weight is 213 g/mol. The molecule has 2 nitrogen and oxygen atoms in total. The second kappa shape index (κ2) is 3.58. The number of nitrogens with two attached hydrogens (primary N) is 1. The highest BCUT2D eigenvalue weighted by atomic mass is 16.3. The van der Waals surface area contributed by atoms with E-state index in [1.165, 1.54) is 21.9 Å². The summed E-state index contributed by atoms with van der Waals surface area (Å²) in [6, 6.07) is 10.3. The Bertz CT molecular complexity index is 537. The van der Waals surface area contributed by atoms with Crippen molar-refractivity contribution in [1.82, 2.24) is 0 Å². The number of aliphatic hydroxyl groups is 1.